The van der Waals surface area contributed by atoms with E-state index in [0.29, 0.717) is 0 Å². The Kier molecular flexibility index (Phi) is 4.08. The van der Waals surface area contributed by atoms with Gasteiger partial charge >= 0.3 is 12.0 Å². The molecule has 0 spiro atoms. The minimum atomic E-state index is -1.03. The fraction of sp³-hybridized carbons (Fsp3) is 0.333. The molecular formula is C15H18N2O3. The van der Waals surface area contributed by atoms with E-state index in [1.807, 2.05) is 31.2 Å². The summed E-state index contributed by atoms with van der Waals surface area (Å²) in [6, 6.07) is 7.45. The molecule has 2 rings (SSSR count). The number of carboxylic acid groups (broad SMARTS) is 1. The highest BCUT2D eigenvalue weighted by Gasteiger charge is 2.33. The molecule has 20 heavy (non-hydrogen) atoms. The molecule has 1 unspecified atom stereocenters. The van der Waals surface area contributed by atoms with Crippen molar-refractivity contribution in [3.8, 4) is 0 Å². The molecule has 1 N–H and O–H groups in total. The van der Waals surface area contributed by atoms with Crippen molar-refractivity contribution >= 4 is 17.7 Å². The predicted molar refractivity (Wildman–Crippen MR) is 76.9 cm³/mol. The predicted octanol–water partition coefficient (Wildman–Crippen LogP) is 2.13. The van der Waals surface area contributed by atoms with Crippen LogP contribution in [0.25, 0.3) is 0 Å². The number of para-hydroxylation sites is 1. The van der Waals surface area contributed by atoms with Gasteiger partial charge in [-0.15, -0.1) is 6.58 Å². The van der Waals surface area contributed by atoms with Crippen molar-refractivity contribution in [1.82, 2.24) is 4.90 Å². The summed E-state index contributed by atoms with van der Waals surface area (Å²) >= 11 is 0. The van der Waals surface area contributed by atoms with Crippen LogP contribution >= 0.6 is 0 Å². The SMILES string of the molecule is C=CCN(CC(=O)O)C(=O)N1c2ccccc2CC1C. The van der Waals surface area contributed by atoms with Gasteiger partial charge in [0, 0.05) is 18.3 Å². The van der Waals surface area contributed by atoms with Gasteiger partial charge in [0.05, 0.1) is 0 Å². The van der Waals surface area contributed by atoms with E-state index < -0.39 is 5.97 Å². The molecule has 106 valence electrons. The van der Waals surface area contributed by atoms with Crippen molar-refractivity contribution in [2.75, 3.05) is 18.0 Å². The zero-order chi connectivity index (χ0) is 14.7. The second-order valence-corrected chi connectivity index (χ2v) is 4.90. The number of hydrogen-bond acceptors (Lipinski definition) is 2. The monoisotopic (exact) mass is 274 g/mol. The van der Waals surface area contributed by atoms with E-state index in [-0.39, 0.29) is 25.2 Å². The van der Waals surface area contributed by atoms with Crippen LogP contribution in [-0.2, 0) is 11.2 Å². The van der Waals surface area contributed by atoms with Gasteiger partial charge in [-0.3, -0.25) is 9.69 Å². The molecule has 1 aromatic carbocycles. The van der Waals surface area contributed by atoms with Crippen LogP contribution in [0.15, 0.2) is 36.9 Å². The topological polar surface area (TPSA) is 60.9 Å². The minimum absolute atomic E-state index is 0.0287. The molecule has 0 bridgehead atoms. The first-order valence-electron chi connectivity index (χ1n) is 6.53. The van der Waals surface area contributed by atoms with Crippen molar-refractivity contribution < 1.29 is 14.7 Å². The zero-order valence-electron chi connectivity index (χ0n) is 11.5. The van der Waals surface area contributed by atoms with E-state index in [4.69, 9.17) is 5.11 Å². The highest BCUT2D eigenvalue weighted by atomic mass is 16.4. The fourth-order valence-electron chi connectivity index (χ4n) is 2.54. The molecule has 0 aromatic heterocycles. The summed E-state index contributed by atoms with van der Waals surface area (Å²) in [6.07, 6.45) is 2.32. The van der Waals surface area contributed by atoms with E-state index in [9.17, 15) is 9.59 Å². The summed E-state index contributed by atoms with van der Waals surface area (Å²) in [4.78, 5) is 26.4. The lowest BCUT2D eigenvalue weighted by Crippen LogP contribution is -2.47. The van der Waals surface area contributed by atoms with Gasteiger partial charge in [0.1, 0.15) is 6.54 Å². The Bertz CT molecular complexity index is 542. The van der Waals surface area contributed by atoms with Crippen LogP contribution in [0, 0.1) is 0 Å². The third-order valence-corrected chi connectivity index (χ3v) is 3.36. The van der Waals surface area contributed by atoms with Gasteiger partial charge in [0.25, 0.3) is 0 Å². The van der Waals surface area contributed by atoms with Gasteiger partial charge < -0.3 is 10.0 Å². The summed E-state index contributed by atoms with van der Waals surface area (Å²) in [5.41, 5.74) is 1.98. The van der Waals surface area contributed by atoms with E-state index in [1.165, 1.54) is 11.0 Å². The lowest BCUT2D eigenvalue weighted by molar-refractivity contribution is -0.137. The fourth-order valence-corrected chi connectivity index (χ4v) is 2.54. The van der Waals surface area contributed by atoms with Crippen LogP contribution in [-0.4, -0.2) is 41.1 Å². The van der Waals surface area contributed by atoms with Gasteiger partial charge in [0.2, 0.25) is 0 Å². The second kappa shape index (κ2) is 5.77. The van der Waals surface area contributed by atoms with Crippen LogP contribution in [0.1, 0.15) is 12.5 Å². The molecule has 0 aliphatic carbocycles. The van der Waals surface area contributed by atoms with Crippen molar-refractivity contribution in [3.05, 3.63) is 42.5 Å². The smallest absolute Gasteiger partial charge is 0.325 e. The molecule has 5 heteroatoms. The lowest BCUT2D eigenvalue weighted by Gasteiger charge is -2.29. The maximum Gasteiger partial charge on any atom is 0.325 e. The molecule has 1 heterocycles. The number of fused-ring (bicyclic) bond motifs is 1. The molecule has 0 saturated carbocycles. The number of hydrogen-bond donors (Lipinski definition) is 1. The molecule has 1 aliphatic heterocycles. The number of rotatable bonds is 4. The van der Waals surface area contributed by atoms with Gasteiger partial charge in [0.15, 0.2) is 0 Å². The molecule has 1 aliphatic rings. The molecule has 1 aromatic rings. The van der Waals surface area contributed by atoms with E-state index >= 15 is 0 Å². The van der Waals surface area contributed by atoms with Crippen LogP contribution < -0.4 is 4.90 Å². The third-order valence-electron chi connectivity index (χ3n) is 3.36. The number of benzene rings is 1. The van der Waals surface area contributed by atoms with Crippen molar-refractivity contribution in [2.45, 2.75) is 19.4 Å². The highest BCUT2D eigenvalue weighted by Crippen LogP contribution is 2.32. The second-order valence-electron chi connectivity index (χ2n) is 4.90. The van der Waals surface area contributed by atoms with Crippen LogP contribution in [0.2, 0.25) is 0 Å². The number of carbonyl (C=O) groups excluding carboxylic acids is 1. The molecule has 0 fully saturated rings. The van der Waals surface area contributed by atoms with Gasteiger partial charge in [-0.1, -0.05) is 24.3 Å². The Morgan fingerprint density at radius 1 is 1.50 bits per heavy atom. The van der Waals surface area contributed by atoms with Gasteiger partial charge in [-0.2, -0.15) is 0 Å². The number of carboxylic acids is 1. The first kappa shape index (κ1) is 14.1. The Labute approximate surface area is 118 Å². The standard InChI is InChI=1S/C15H18N2O3/c1-3-8-16(10-14(18)19)15(20)17-11(2)9-12-6-4-5-7-13(12)17/h3-7,11H,1,8-10H2,2H3,(H,18,19). The summed E-state index contributed by atoms with van der Waals surface area (Å²) in [5, 5.41) is 8.92. The summed E-state index contributed by atoms with van der Waals surface area (Å²) < 4.78 is 0. The first-order valence-corrected chi connectivity index (χ1v) is 6.53. The minimum Gasteiger partial charge on any atom is -0.480 e. The number of urea groups is 1. The molecule has 0 saturated heterocycles. The number of anilines is 1. The Hall–Kier alpha value is -2.30. The highest BCUT2D eigenvalue weighted by molar-refractivity contribution is 5.96. The normalized spacial score (nSPS) is 16.6. The summed E-state index contributed by atoms with van der Waals surface area (Å²) in [7, 11) is 0. The number of aliphatic carboxylic acids is 1. The Balaban J connectivity index is 2.27. The quantitative estimate of drug-likeness (QED) is 0.856. The van der Waals surface area contributed by atoms with Crippen molar-refractivity contribution in [1.29, 1.82) is 0 Å². The molecule has 5 nitrogen and oxygen atoms in total. The molecule has 0 radical (unpaired) electrons. The van der Waals surface area contributed by atoms with Crippen LogP contribution in [0.4, 0.5) is 10.5 Å². The molecule has 1 atom stereocenters. The Morgan fingerprint density at radius 3 is 2.85 bits per heavy atom. The largest absolute Gasteiger partial charge is 0.480 e. The molecule has 2 amide bonds. The molecular weight excluding hydrogens is 256 g/mol. The average molecular weight is 274 g/mol. The van der Waals surface area contributed by atoms with Crippen molar-refractivity contribution in [3.63, 3.8) is 0 Å². The number of carbonyl (C=O) groups is 2. The van der Waals surface area contributed by atoms with Gasteiger partial charge in [-0.05, 0) is 25.0 Å². The first-order chi connectivity index (χ1) is 9.54. The van der Waals surface area contributed by atoms with Crippen molar-refractivity contribution in [2.24, 2.45) is 0 Å². The van der Waals surface area contributed by atoms with Gasteiger partial charge in [-0.25, -0.2) is 4.79 Å². The maximum absolute atomic E-state index is 12.6. The number of nitrogens with zero attached hydrogens (tertiary/aromatic N) is 2. The third kappa shape index (κ3) is 2.66. The lowest BCUT2D eigenvalue weighted by atomic mass is 10.1. The zero-order valence-corrected chi connectivity index (χ0v) is 11.5. The van der Waals surface area contributed by atoms with E-state index in [0.717, 1.165) is 17.7 Å². The summed E-state index contributed by atoms with van der Waals surface area (Å²) in [5.74, 6) is -1.03. The van der Waals surface area contributed by atoms with Crippen LogP contribution in [0.5, 0.6) is 0 Å². The summed E-state index contributed by atoms with van der Waals surface area (Å²) in [6.45, 7) is 5.43. The van der Waals surface area contributed by atoms with E-state index in [1.54, 1.807) is 4.90 Å². The maximum atomic E-state index is 12.6. The average Bonchev–Trinajstić information content (AvgIpc) is 2.72. The van der Waals surface area contributed by atoms with E-state index in [2.05, 4.69) is 6.58 Å². The number of amides is 2. The Morgan fingerprint density at radius 2 is 2.20 bits per heavy atom. The van der Waals surface area contributed by atoms with Crippen LogP contribution in [0.3, 0.4) is 0 Å².